The highest BCUT2D eigenvalue weighted by Gasteiger charge is 2.23. The number of nitrogens with one attached hydrogen (secondary N) is 2. The molecular formula is C20H25ClFN5O. The highest BCUT2D eigenvalue weighted by molar-refractivity contribution is 6.31. The third-order valence-electron chi connectivity index (χ3n) is 4.95. The Morgan fingerprint density at radius 1 is 1.21 bits per heavy atom. The summed E-state index contributed by atoms with van der Waals surface area (Å²) >= 11 is 5.76. The second-order valence-electron chi connectivity index (χ2n) is 7.39. The quantitative estimate of drug-likeness (QED) is 0.791. The predicted molar refractivity (Wildman–Crippen MR) is 110 cm³/mol. The molecule has 1 aromatic heterocycles. The fourth-order valence-corrected chi connectivity index (χ4v) is 3.61. The van der Waals surface area contributed by atoms with Crippen molar-refractivity contribution < 1.29 is 9.18 Å². The first-order chi connectivity index (χ1) is 13.3. The van der Waals surface area contributed by atoms with Crippen LogP contribution in [-0.4, -0.2) is 42.1 Å². The van der Waals surface area contributed by atoms with Crippen LogP contribution in [0.5, 0.6) is 0 Å². The van der Waals surface area contributed by atoms with Gasteiger partial charge in [-0.1, -0.05) is 11.6 Å². The van der Waals surface area contributed by atoms with Gasteiger partial charge in [-0.25, -0.2) is 9.37 Å². The Hall–Kier alpha value is -2.41. The maximum absolute atomic E-state index is 13.3. The van der Waals surface area contributed by atoms with Crippen molar-refractivity contribution in [1.29, 1.82) is 0 Å². The molecule has 8 heteroatoms. The summed E-state index contributed by atoms with van der Waals surface area (Å²) in [5, 5.41) is 6.37. The molecule has 0 spiro atoms. The molecule has 0 saturated heterocycles. The molecule has 1 aliphatic carbocycles. The molecule has 1 heterocycles. The van der Waals surface area contributed by atoms with Crippen molar-refractivity contribution in [2.45, 2.75) is 44.7 Å². The molecule has 1 fully saturated rings. The van der Waals surface area contributed by atoms with E-state index in [1.165, 1.54) is 18.2 Å². The third kappa shape index (κ3) is 4.90. The molecular weight excluding hydrogens is 381 g/mol. The number of hydrogen-bond acceptors (Lipinski definition) is 5. The summed E-state index contributed by atoms with van der Waals surface area (Å²) < 4.78 is 13.3. The van der Waals surface area contributed by atoms with E-state index in [0.29, 0.717) is 11.5 Å². The van der Waals surface area contributed by atoms with Crippen LogP contribution < -0.4 is 15.5 Å². The molecule has 0 radical (unpaired) electrons. The van der Waals surface area contributed by atoms with Gasteiger partial charge in [0.1, 0.15) is 11.6 Å². The van der Waals surface area contributed by atoms with E-state index in [1.54, 1.807) is 0 Å². The summed E-state index contributed by atoms with van der Waals surface area (Å²) in [7, 11) is 3.92. The summed E-state index contributed by atoms with van der Waals surface area (Å²) in [6.07, 6.45) is 5.34. The number of rotatable bonds is 5. The molecule has 0 bridgehead atoms. The Morgan fingerprint density at radius 3 is 2.54 bits per heavy atom. The monoisotopic (exact) mass is 405 g/mol. The molecule has 1 saturated carbocycles. The number of aromatic nitrogens is 2. The number of amides is 1. The topological polar surface area (TPSA) is 70.1 Å². The zero-order valence-corrected chi connectivity index (χ0v) is 17.1. The molecule has 0 atom stereocenters. The normalized spacial score (nSPS) is 19.2. The summed E-state index contributed by atoms with van der Waals surface area (Å²) in [6.45, 7) is 1.99. The van der Waals surface area contributed by atoms with E-state index in [-0.39, 0.29) is 23.0 Å². The Bertz CT molecular complexity index is 852. The Balaban J connectivity index is 1.52. The van der Waals surface area contributed by atoms with Crippen LogP contribution in [0.4, 0.5) is 16.2 Å². The maximum Gasteiger partial charge on any atom is 0.251 e. The molecule has 1 aromatic carbocycles. The molecule has 0 unspecified atom stereocenters. The van der Waals surface area contributed by atoms with E-state index in [4.69, 9.17) is 11.6 Å². The first-order valence-electron chi connectivity index (χ1n) is 9.37. The first-order valence-corrected chi connectivity index (χ1v) is 9.74. The predicted octanol–water partition coefficient (Wildman–Crippen LogP) is 3.80. The zero-order chi connectivity index (χ0) is 20.3. The van der Waals surface area contributed by atoms with E-state index >= 15 is 0 Å². The van der Waals surface area contributed by atoms with Crippen LogP contribution in [0, 0.1) is 12.7 Å². The van der Waals surface area contributed by atoms with Gasteiger partial charge in [-0.3, -0.25) is 4.79 Å². The van der Waals surface area contributed by atoms with Crippen LogP contribution in [0.3, 0.4) is 0 Å². The average molecular weight is 406 g/mol. The lowest BCUT2D eigenvalue weighted by molar-refractivity contribution is 0.0926. The van der Waals surface area contributed by atoms with Gasteiger partial charge in [0, 0.05) is 43.5 Å². The molecule has 28 heavy (non-hydrogen) atoms. The standard InChI is InChI=1S/C20H25ClFN5O/c1-12-11-23-20(26-18(12)27(2)3)25-15-7-5-14(6-8-15)24-19(28)13-4-9-17(22)16(21)10-13/h4,9-11,14-15H,5-8H2,1-3H3,(H,24,28)(H,23,25,26)/t14-,15+. The number of hydrogen-bond donors (Lipinski definition) is 2. The van der Waals surface area contributed by atoms with Crippen LogP contribution in [0.1, 0.15) is 41.6 Å². The number of carbonyl (C=O) groups is 1. The van der Waals surface area contributed by atoms with Crippen LogP contribution in [0.25, 0.3) is 0 Å². The number of carbonyl (C=O) groups excluding carboxylic acids is 1. The molecule has 1 amide bonds. The molecule has 2 N–H and O–H groups in total. The maximum atomic E-state index is 13.3. The lowest BCUT2D eigenvalue weighted by Gasteiger charge is -2.30. The van der Waals surface area contributed by atoms with Crippen LogP contribution >= 0.6 is 11.6 Å². The van der Waals surface area contributed by atoms with Gasteiger partial charge in [-0.15, -0.1) is 0 Å². The highest BCUT2D eigenvalue weighted by Crippen LogP contribution is 2.23. The Labute approximate surface area is 169 Å². The van der Waals surface area contributed by atoms with Gasteiger partial charge in [0.2, 0.25) is 5.95 Å². The average Bonchev–Trinajstić information content (AvgIpc) is 2.66. The third-order valence-corrected chi connectivity index (χ3v) is 5.24. The van der Waals surface area contributed by atoms with Gasteiger partial charge >= 0.3 is 0 Å². The van der Waals surface area contributed by atoms with Crippen molar-refractivity contribution in [3.63, 3.8) is 0 Å². The molecule has 150 valence electrons. The molecule has 6 nitrogen and oxygen atoms in total. The number of benzene rings is 1. The van der Waals surface area contributed by atoms with Gasteiger partial charge in [0.25, 0.3) is 5.91 Å². The summed E-state index contributed by atoms with van der Waals surface area (Å²) in [5.41, 5.74) is 1.40. The SMILES string of the molecule is Cc1cnc(N[C@H]2CC[C@@H](NC(=O)c3ccc(F)c(Cl)c3)CC2)nc1N(C)C. The Morgan fingerprint density at radius 2 is 1.89 bits per heavy atom. The van der Waals surface area contributed by atoms with Crippen LogP contribution in [0.2, 0.25) is 5.02 Å². The lowest BCUT2D eigenvalue weighted by atomic mass is 9.91. The van der Waals surface area contributed by atoms with Crippen molar-refractivity contribution in [1.82, 2.24) is 15.3 Å². The second-order valence-corrected chi connectivity index (χ2v) is 7.80. The van der Waals surface area contributed by atoms with Gasteiger partial charge in [0.15, 0.2) is 0 Å². The largest absolute Gasteiger partial charge is 0.362 e. The van der Waals surface area contributed by atoms with E-state index in [2.05, 4.69) is 20.6 Å². The van der Waals surface area contributed by atoms with E-state index in [9.17, 15) is 9.18 Å². The molecule has 0 aliphatic heterocycles. The van der Waals surface area contributed by atoms with E-state index < -0.39 is 5.82 Å². The molecule has 2 aromatic rings. The molecule has 1 aliphatic rings. The lowest BCUT2D eigenvalue weighted by Crippen LogP contribution is -2.40. The van der Waals surface area contributed by atoms with Gasteiger partial charge in [-0.05, 0) is 50.8 Å². The summed E-state index contributed by atoms with van der Waals surface area (Å²) in [4.78, 5) is 23.3. The Kier molecular flexibility index (Phi) is 6.34. The number of nitrogens with zero attached hydrogens (tertiary/aromatic N) is 3. The molecule has 3 rings (SSSR count). The highest BCUT2D eigenvalue weighted by atomic mass is 35.5. The van der Waals surface area contributed by atoms with Crippen molar-refractivity contribution in [3.05, 3.63) is 46.4 Å². The van der Waals surface area contributed by atoms with Crippen molar-refractivity contribution in [2.24, 2.45) is 0 Å². The fourth-order valence-electron chi connectivity index (χ4n) is 3.43. The van der Waals surface area contributed by atoms with Crippen molar-refractivity contribution in [2.75, 3.05) is 24.3 Å². The van der Waals surface area contributed by atoms with Gasteiger partial charge in [-0.2, -0.15) is 4.98 Å². The number of halogens is 2. The minimum Gasteiger partial charge on any atom is -0.362 e. The van der Waals surface area contributed by atoms with Gasteiger partial charge in [0.05, 0.1) is 5.02 Å². The van der Waals surface area contributed by atoms with Crippen LogP contribution in [-0.2, 0) is 0 Å². The van der Waals surface area contributed by atoms with Crippen molar-refractivity contribution >= 4 is 29.3 Å². The fraction of sp³-hybridized carbons (Fsp3) is 0.450. The van der Waals surface area contributed by atoms with E-state index in [1.807, 2.05) is 32.1 Å². The van der Waals surface area contributed by atoms with Crippen LogP contribution in [0.15, 0.2) is 24.4 Å². The summed E-state index contributed by atoms with van der Waals surface area (Å²) in [5.74, 6) is 0.774. The number of anilines is 2. The minimum absolute atomic E-state index is 0.0456. The number of aryl methyl sites for hydroxylation is 1. The zero-order valence-electron chi connectivity index (χ0n) is 16.3. The smallest absolute Gasteiger partial charge is 0.251 e. The minimum atomic E-state index is -0.527. The first kappa shape index (κ1) is 20.3. The van der Waals surface area contributed by atoms with Crippen molar-refractivity contribution in [3.8, 4) is 0 Å². The van der Waals surface area contributed by atoms with Gasteiger partial charge < -0.3 is 15.5 Å². The second kappa shape index (κ2) is 8.73. The van der Waals surface area contributed by atoms with E-state index in [0.717, 1.165) is 37.1 Å². The summed E-state index contributed by atoms with van der Waals surface area (Å²) in [6, 6.07) is 4.37.